The molecule has 5 heterocycles. The van der Waals surface area contributed by atoms with E-state index in [2.05, 4.69) is 10.3 Å². The molecule has 6 atom stereocenters. The first-order valence-electron chi connectivity index (χ1n) is 13.1. The zero-order valence-corrected chi connectivity index (χ0v) is 21.7. The van der Waals surface area contributed by atoms with Gasteiger partial charge in [0.05, 0.1) is 35.6 Å². The molecule has 6 rings (SSSR count). The average Bonchev–Trinajstić information content (AvgIpc) is 3.44. The lowest BCUT2D eigenvalue weighted by Crippen LogP contribution is -2.58. The minimum absolute atomic E-state index is 0.126. The van der Waals surface area contributed by atoms with Crippen LogP contribution in [0.15, 0.2) is 48.6 Å². The summed E-state index contributed by atoms with van der Waals surface area (Å²) in [7, 11) is 1.71. The van der Waals surface area contributed by atoms with E-state index >= 15 is 0 Å². The number of amides is 3. The fourth-order valence-electron chi connectivity index (χ4n) is 6.75. The van der Waals surface area contributed by atoms with Crippen molar-refractivity contribution in [3.63, 3.8) is 0 Å². The summed E-state index contributed by atoms with van der Waals surface area (Å²) in [5, 5.41) is 18.7. The Labute approximate surface area is 220 Å². The predicted molar refractivity (Wildman–Crippen MR) is 136 cm³/mol. The summed E-state index contributed by atoms with van der Waals surface area (Å²) in [4.78, 5) is 46.9. The first-order valence-corrected chi connectivity index (χ1v) is 13.1. The molecule has 1 unspecified atom stereocenters. The standard InChI is InChI=1S/C27H32N6O5/c1-4-17(15-34)33-22-25(37)31(16-32-19-10-6-5-9-18(19)28-29-32)14-8-12-27(22)21(24(33)36)20-23(35)30(3)13-7-11-26(20,2)38-27/h5-12,17,20-22,34H,4,13-16H2,1-3H3/t17-,20-,21-,22?,26+,27-/m0/s1. The molecule has 0 saturated carbocycles. The van der Waals surface area contributed by atoms with Crippen LogP contribution in [0.4, 0.5) is 0 Å². The normalized spacial score (nSPS) is 33.4. The summed E-state index contributed by atoms with van der Waals surface area (Å²) in [5.74, 6) is -2.55. The number of hydrogen-bond donors (Lipinski definition) is 1. The number of carbonyl (C=O) groups excluding carboxylic acids is 3. The highest BCUT2D eigenvalue weighted by atomic mass is 16.5. The van der Waals surface area contributed by atoms with Crippen molar-refractivity contribution in [1.82, 2.24) is 29.7 Å². The zero-order valence-electron chi connectivity index (χ0n) is 21.7. The maximum Gasteiger partial charge on any atom is 0.250 e. The van der Waals surface area contributed by atoms with Gasteiger partial charge >= 0.3 is 0 Å². The Balaban J connectivity index is 1.46. The van der Waals surface area contributed by atoms with Crippen molar-refractivity contribution in [2.75, 3.05) is 26.7 Å². The molecular formula is C27H32N6O5. The number of likely N-dealkylation sites (N-methyl/N-ethyl adjacent to an activating group) is 1. The van der Waals surface area contributed by atoms with Crippen molar-refractivity contribution in [2.45, 2.75) is 50.2 Å². The van der Waals surface area contributed by atoms with Crippen LogP contribution in [0.1, 0.15) is 20.3 Å². The van der Waals surface area contributed by atoms with Crippen molar-refractivity contribution in [2.24, 2.45) is 11.8 Å². The quantitative estimate of drug-likeness (QED) is 0.572. The molecule has 1 aromatic heterocycles. The summed E-state index contributed by atoms with van der Waals surface area (Å²) < 4.78 is 8.42. The summed E-state index contributed by atoms with van der Waals surface area (Å²) in [5.41, 5.74) is -0.913. The van der Waals surface area contributed by atoms with E-state index in [-0.39, 0.29) is 37.5 Å². The third-order valence-corrected chi connectivity index (χ3v) is 8.58. The van der Waals surface area contributed by atoms with Gasteiger partial charge in [0, 0.05) is 20.1 Å². The van der Waals surface area contributed by atoms with Crippen LogP contribution in [0.5, 0.6) is 0 Å². The van der Waals surface area contributed by atoms with Crippen LogP contribution in [0.3, 0.4) is 0 Å². The van der Waals surface area contributed by atoms with Gasteiger partial charge in [-0.25, -0.2) is 4.68 Å². The zero-order chi connectivity index (χ0) is 26.8. The van der Waals surface area contributed by atoms with E-state index in [1.807, 2.05) is 62.4 Å². The molecule has 11 heteroatoms. The number of aromatic nitrogens is 3. The highest BCUT2D eigenvalue weighted by Gasteiger charge is 2.75. The molecule has 38 heavy (non-hydrogen) atoms. The molecule has 0 radical (unpaired) electrons. The van der Waals surface area contributed by atoms with E-state index in [4.69, 9.17) is 4.74 Å². The number of fused-ring (bicyclic) bond motifs is 3. The number of carbonyl (C=O) groups is 3. The number of ether oxygens (including phenoxy) is 1. The average molecular weight is 521 g/mol. The van der Waals surface area contributed by atoms with Gasteiger partial charge in [0.1, 0.15) is 23.8 Å². The summed E-state index contributed by atoms with van der Waals surface area (Å²) in [6, 6.07) is 5.86. The minimum atomic E-state index is -1.35. The van der Waals surface area contributed by atoms with E-state index in [0.29, 0.717) is 18.5 Å². The van der Waals surface area contributed by atoms with Crippen LogP contribution >= 0.6 is 0 Å². The second kappa shape index (κ2) is 8.74. The van der Waals surface area contributed by atoms with Crippen LogP contribution in [-0.4, -0.2) is 103 Å². The molecule has 0 bridgehead atoms. The van der Waals surface area contributed by atoms with E-state index in [0.717, 1.165) is 5.52 Å². The van der Waals surface area contributed by atoms with E-state index < -0.39 is 35.1 Å². The molecule has 2 aromatic rings. The molecule has 11 nitrogen and oxygen atoms in total. The molecule has 200 valence electrons. The Morgan fingerprint density at radius 2 is 1.84 bits per heavy atom. The van der Waals surface area contributed by atoms with Gasteiger partial charge in [-0.2, -0.15) is 0 Å². The summed E-state index contributed by atoms with van der Waals surface area (Å²) >= 11 is 0. The van der Waals surface area contributed by atoms with Gasteiger partial charge in [-0.1, -0.05) is 48.6 Å². The van der Waals surface area contributed by atoms with Crippen LogP contribution in [0.2, 0.25) is 0 Å². The molecular weight excluding hydrogens is 488 g/mol. The number of hydrogen-bond acceptors (Lipinski definition) is 7. The number of aliphatic hydroxyl groups is 1. The molecule has 2 fully saturated rings. The Kier molecular flexibility index (Phi) is 5.69. The Morgan fingerprint density at radius 1 is 1.08 bits per heavy atom. The lowest BCUT2D eigenvalue weighted by atomic mass is 9.74. The highest BCUT2D eigenvalue weighted by molar-refractivity contribution is 6.00. The fourth-order valence-corrected chi connectivity index (χ4v) is 6.75. The molecule has 4 aliphatic rings. The van der Waals surface area contributed by atoms with E-state index in [1.165, 1.54) is 4.90 Å². The van der Waals surface area contributed by atoms with Gasteiger partial charge in [0.25, 0.3) is 5.91 Å². The number of nitrogens with zero attached hydrogens (tertiary/aromatic N) is 6. The Hall–Kier alpha value is -3.57. The smallest absolute Gasteiger partial charge is 0.250 e. The van der Waals surface area contributed by atoms with E-state index in [9.17, 15) is 19.5 Å². The number of para-hydroxylation sites is 1. The Morgan fingerprint density at radius 3 is 2.61 bits per heavy atom. The third-order valence-electron chi connectivity index (χ3n) is 8.58. The number of benzene rings is 1. The molecule has 4 aliphatic heterocycles. The Bertz CT molecular complexity index is 1370. The molecule has 1 spiro atoms. The van der Waals surface area contributed by atoms with Crippen LogP contribution in [0.25, 0.3) is 11.0 Å². The van der Waals surface area contributed by atoms with E-state index in [1.54, 1.807) is 21.5 Å². The van der Waals surface area contributed by atoms with Gasteiger partial charge < -0.3 is 24.5 Å². The largest absolute Gasteiger partial charge is 0.394 e. The van der Waals surface area contributed by atoms with Gasteiger partial charge in [-0.15, -0.1) is 5.10 Å². The second-order valence-corrected chi connectivity index (χ2v) is 10.8. The molecule has 2 saturated heterocycles. The summed E-state index contributed by atoms with van der Waals surface area (Å²) in [6.07, 6.45) is 7.82. The second-order valence-electron chi connectivity index (χ2n) is 10.8. The molecule has 3 amide bonds. The lowest BCUT2D eigenvalue weighted by Gasteiger charge is -2.39. The van der Waals surface area contributed by atoms with Crippen molar-refractivity contribution >= 4 is 28.8 Å². The molecule has 0 aliphatic carbocycles. The fraction of sp³-hybridized carbons (Fsp3) is 0.519. The third kappa shape index (κ3) is 3.31. The predicted octanol–water partition coefficient (Wildman–Crippen LogP) is 0.557. The van der Waals surface area contributed by atoms with Crippen molar-refractivity contribution in [3.8, 4) is 0 Å². The maximum absolute atomic E-state index is 14.4. The summed E-state index contributed by atoms with van der Waals surface area (Å²) in [6.45, 7) is 4.19. The van der Waals surface area contributed by atoms with Gasteiger partial charge in [-0.05, 0) is 25.5 Å². The number of likely N-dealkylation sites (tertiary alicyclic amines) is 1. The monoisotopic (exact) mass is 520 g/mol. The van der Waals surface area contributed by atoms with Crippen LogP contribution in [0, 0.1) is 11.8 Å². The van der Waals surface area contributed by atoms with Crippen molar-refractivity contribution in [3.05, 3.63) is 48.6 Å². The first kappa shape index (κ1) is 24.7. The SMILES string of the molecule is CC[C@@H](CO)N1C(=O)[C@@H]2[C@H]3C(=O)N(C)CC=C[C@@]3(C)O[C@@]23C=CCN(Cn2nnc4ccccc42)C(=O)C13. The van der Waals surface area contributed by atoms with Crippen LogP contribution in [-0.2, 0) is 25.8 Å². The lowest BCUT2D eigenvalue weighted by molar-refractivity contribution is -0.156. The topological polar surface area (TPSA) is 121 Å². The van der Waals surface area contributed by atoms with Crippen molar-refractivity contribution < 1.29 is 24.2 Å². The molecule has 1 N–H and O–H groups in total. The number of rotatable bonds is 5. The van der Waals surface area contributed by atoms with Gasteiger partial charge in [0.2, 0.25) is 11.8 Å². The van der Waals surface area contributed by atoms with Gasteiger partial charge in [-0.3, -0.25) is 14.4 Å². The maximum atomic E-state index is 14.4. The molecule has 1 aromatic carbocycles. The minimum Gasteiger partial charge on any atom is -0.394 e. The highest BCUT2D eigenvalue weighted by Crippen LogP contribution is 2.57. The first-order chi connectivity index (χ1) is 18.3. The van der Waals surface area contributed by atoms with Crippen LogP contribution < -0.4 is 0 Å². The van der Waals surface area contributed by atoms with Gasteiger partial charge in [0.15, 0.2) is 0 Å². The van der Waals surface area contributed by atoms with Crippen molar-refractivity contribution in [1.29, 1.82) is 0 Å². The number of aliphatic hydroxyl groups excluding tert-OH is 1.